The summed E-state index contributed by atoms with van der Waals surface area (Å²) >= 11 is 0. The van der Waals surface area contributed by atoms with Gasteiger partial charge in [0, 0.05) is 26.2 Å². The first kappa shape index (κ1) is 15.5. The average Bonchev–Trinajstić information content (AvgIpc) is 2.51. The molecule has 0 spiro atoms. The van der Waals surface area contributed by atoms with Crippen molar-refractivity contribution in [3.63, 3.8) is 0 Å². The Balaban J connectivity index is 2.13. The molecule has 0 saturated heterocycles. The molecule has 21 heavy (non-hydrogen) atoms. The summed E-state index contributed by atoms with van der Waals surface area (Å²) in [4.78, 5) is 26.1. The number of carbonyl (C=O) groups excluding carboxylic acids is 2. The van der Waals surface area contributed by atoms with E-state index in [1.165, 1.54) is 0 Å². The highest BCUT2D eigenvalue weighted by atomic mass is 16.2. The second-order valence-electron chi connectivity index (χ2n) is 5.19. The fourth-order valence-corrected chi connectivity index (χ4v) is 2.71. The lowest BCUT2D eigenvalue weighted by Gasteiger charge is -2.30. The molecule has 0 aromatic heterocycles. The van der Waals surface area contributed by atoms with Crippen LogP contribution in [0.4, 0.5) is 0 Å². The Kier molecular flexibility index (Phi) is 5.33. The molecule has 2 N–H and O–H groups in total. The minimum Gasteiger partial charge on any atom is -0.355 e. The van der Waals surface area contributed by atoms with Gasteiger partial charge in [-0.1, -0.05) is 24.3 Å². The number of likely N-dealkylation sites (N-methyl/N-ethyl adjacent to an activating group) is 2. The van der Waals surface area contributed by atoms with Crippen LogP contribution in [0.25, 0.3) is 0 Å². The van der Waals surface area contributed by atoms with E-state index in [1.807, 2.05) is 38.1 Å². The van der Waals surface area contributed by atoms with Crippen LogP contribution in [0.3, 0.4) is 0 Å². The van der Waals surface area contributed by atoms with Crippen molar-refractivity contribution in [3.05, 3.63) is 35.4 Å². The van der Waals surface area contributed by atoms with Crippen molar-refractivity contribution in [3.8, 4) is 0 Å². The molecule has 0 bridgehead atoms. The molecule has 0 aliphatic carbocycles. The zero-order chi connectivity index (χ0) is 15.2. The number of fused-ring (bicyclic) bond motifs is 1. The van der Waals surface area contributed by atoms with Crippen LogP contribution in [-0.4, -0.2) is 42.9 Å². The molecule has 2 rings (SSSR count). The van der Waals surface area contributed by atoms with E-state index in [9.17, 15) is 9.59 Å². The molecule has 1 aliphatic rings. The highest BCUT2D eigenvalue weighted by Gasteiger charge is 2.29. The molecule has 5 heteroatoms. The Hall–Kier alpha value is -1.88. The van der Waals surface area contributed by atoms with Crippen LogP contribution in [0.5, 0.6) is 0 Å². The Morgan fingerprint density at radius 1 is 1.33 bits per heavy atom. The number of nitrogens with zero attached hydrogens (tertiary/aromatic N) is 1. The van der Waals surface area contributed by atoms with Crippen LogP contribution in [0, 0.1) is 0 Å². The van der Waals surface area contributed by atoms with Gasteiger partial charge in [-0.2, -0.15) is 0 Å². The second-order valence-corrected chi connectivity index (χ2v) is 5.19. The third-order valence-electron chi connectivity index (χ3n) is 3.79. The highest BCUT2D eigenvalue weighted by Crippen LogP contribution is 2.25. The second kappa shape index (κ2) is 7.22. The van der Waals surface area contributed by atoms with E-state index in [-0.39, 0.29) is 24.3 Å². The van der Waals surface area contributed by atoms with E-state index in [0.717, 1.165) is 17.7 Å². The van der Waals surface area contributed by atoms with E-state index in [2.05, 4.69) is 10.6 Å². The summed E-state index contributed by atoms with van der Waals surface area (Å²) in [5, 5.41) is 6.02. The molecule has 1 aromatic carbocycles. The summed E-state index contributed by atoms with van der Waals surface area (Å²) in [5.74, 6) is -0.294. The predicted molar refractivity (Wildman–Crippen MR) is 81.8 cm³/mol. The third-order valence-corrected chi connectivity index (χ3v) is 3.79. The molecular formula is C16H23N3O2. The van der Waals surface area contributed by atoms with Crippen molar-refractivity contribution in [2.24, 2.45) is 0 Å². The Bertz CT molecular complexity index is 516. The summed E-state index contributed by atoms with van der Waals surface area (Å²) in [5.41, 5.74) is 2.24. The van der Waals surface area contributed by atoms with Gasteiger partial charge in [0.15, 0.2) is 0 Å². The van der Waals surface area contributed by atoms with Crippen LogP contribution in [-0.2, 0) is 16.1 Å². The molecule has 0 saturated carbocycles. The van der Waals surface area contributed by atoms with E-state index in [0.29, 0.717) is 19.6 Å². The van der Waals surface area contributed by atoms with Gasteiger partial charge < -0.3 is 15.5 Å². The van der Waals surface area contributed by atoms with Gasteiger partial charge in [-0.15, -0.1) is 0 Å². The van der Waals surface area contributed by atoms with Gasteiger partial charge in [-0.3, -0.25) is 9.59 Å². The molecule has 1 unspecified atom stereocenters. The molecule has 1 aliphatic heterocycles. The lowest BCUT2D eigenvalue weighted by Crippen LogP contribution is -2.45. The van der Waals surface area contributed by atoms with Crippen molar-refractivity contribution in [1.29, 1.82) is 0 Å². The van der Waals surface area contributed by atoms with Crippen LogP contribution in [0.2, 0.25) is 0 Å². The van der Waals surface area contributed by atoms with Crippen LogP contribution >= 0.6 is 0 Å². The molecule has 5 nitrogen and oxygen atoms in total. The number of nitrogens with one attached hydrogen (secondary N) is 2. The number of rotatable bonds is 5. The maximum atomic E-state index is 12.7. The lowest BCUT2D eigenvalue weighted by molar-refractivity contribution is -0.137. The van der Waals surface area contributed by atoms with Gasteiger partial charge in [-0.05, 0) is 25.0 Å². The van der Waals surface area contributed by atoms with Crippen molar-refractivity contribution < 1.29 is 9.59 Å². The van der Waals surface area contributed by atoms with E-state index in [4.69, 9.17) is 0 Å². The smallest absolute Gasteiger partial charge is 0.239 e. The number of hydrogen-bond donors (Lipinski definition) is 2. The Morgan fingerprint density at radius 3 is 2.81 bits per heavy atom. The molecule has 0 fully saturated rings. The first-order valence-corrected chi connectivity index (χ1v) is 7.51. The zero-order valence-electron chi connectivity index (χ0n) is 12.7. The van der Waals surface area contributed by atoms with E-state index in [1.54, 1.807) is 4.90 Å². The standard InChI is InChI=1S/C16H23N3O2/c1-3-18-15(20)11-19(4-2)16(21)14-10-17-9-12-7-5-6-8-13(12)14/h5-8,14,17H,3-4,9-11H2,1-2H3,(H,18,20). The quantitative estimate of drug-likeness (QED) is 0.845. The van der Waals surface area contributed by atoms with Crippen molar-refractivity contribution in [2.75, 3.05) is 26.2 Å². The largest absolute Gasteiger partial charge is 0.355 e. The SMILES string of the molecule is CCNC(=O)CN(CC)C(=O)C1CNCc2ccccc21. The molecular weight excluding hydrogens is 266 g/mol. The molecule has 2 amide bonds. The van der Waals surface area contributed by atoms with Gasteiger partial charge in [0.1, 0.15) is 0 Å². The van der Waals surface area contributed by atoms with E-state index >= 15 is 0 Å². The summed E-state index contributed by atoms with van der Waals surface area (Å²) in [6, 6.07) is 8.00. The van der Waals surface area contributed by atoms with Crippen LogP contribution in [0.1, 0.15) is 30.9 Å². The molecule has 1 aromatic rings. The normalized spacial score (nSPS) is 17.0. The molecule has 1 atom stereocenters. The predicted octanol–water partition coefficient (Wildman–Crippen LogP) is 0.858. The fourth-order valence-electron chi connectivity index (χ4n) is 2.71. The molecule has 114 valence electrons. The summed E-state index contributed by atoms with van der Waals surface area (Å²) in [6.45, 7) is 6.44. The Labute approximate surface area is 125 Å². The maximum absolute atomic E-state index is 12.7. The summed E-state index contributed by atoms with van der Waals surface area (Å²) in [7, 11) is 0. The number of hydrogen-bond acceptors (Lipinski definition) is 3. The lowest BCUT2D eigenvalue weighted by atomic mass is 9.90. The Morgan fingerprint density at radius 2 is 2.10 bits per heavy atom. The fraction of sp³-hybridized carbons (Fsp3) is 0.500. The van der Waals surface area contributed by atoms with Crippen molar-refractivity contribution in [2.45, 2.75) is 26.3 Å². The van der Waals surface area contributed by atoms with Crippen LogP contribution in [0.15, 0.2) is 24.3 Å². The molecule has 1 heterocycles. The molecule has 0 radical (unpaired) electrons. The number of benzene rings is 1. The van der Waals surface area contributed by atoms with Gasteiger partial charge in [0.2, 0.25) is 11.8 Å². The summed E-state index contributed by atoms with van der Waals surface area (Å²) in [6.07, 6.45) is 0. The van der Waals surface area contributed by atoms with Crippen molar-refractivity contribution in [1.82, 2.24) is 15.5 Å². The third kappa shape index (κ3) is 3.61. The number of amides is 2. The van der Waals surface area contributed by atoms with Gasteiger partial charge in [-0.25, -0.2) is 0 Å². The highest BCUT2D eigenvalue weighted by molar-refractivity contribution is 5.89. The summed E-state index contributed by atoms with van der Waals surface area (Å²) < 4.78 is 0. The topological polar surface area (TPSA) is 61.4 Å². The average molecular weight is 289 g/mol. The number of carbonyl (C=O) groups is 2. The minimum atomic E-state index is -0.204. The van der Waals surface area contributed by atoms with Crippen LogP contribution < -0.4 is 10.6 Å². The van der Waals surface area contributed by atoms with Crippen molar-refractivity contribution >= 4 is 11.8 Å². The minimum absolute atomic E-state index is 0.0170. The van der Waals surface area contributed by atoms with Gasteiger partial charge in [0.05, 0.1) is 12.5 Å². The maximum Gasteiger partial charge on any atom is 0.239 e. The first-order chi connectivity index (χ1) is 10.2. The van der Waals surface area contributed by atoms with Gasteiger partial charge >= 0.3 is 0 Å². The zero-order valence-corrected chi connectivity index (χ0v) is 12.7. The first-order valence-electron chi connectivity index (χ1n) is 7.51. The van der Waals surface area contributed by atoms with E-state index < -0.39 is 0 Å². The van der Waals surface area contributed by atoms with Gasteiger partial charge in [0.25, 0.3) is 0 Å². The monoisotopic (exact) mass is 289 g/mol.